The molecule has 0 N–H and O–H groups in total. The van der Waals surface area contributed by atoms with Crippen LogP contribution in [0.25, 0.3) is 10.2 Å². The van der Waals surface area contributed by atoms with Crippen LogP contribution in [-0.4, -0.2) is 51.4 Å². The number of rotatable bonds is 3. The number of fused-ring (bicyclic) bond motifs is 1. The van der Waals surface area contributed by atoms with Gasteiger partial charge in [-0.1, -0.05) is 29.8 Å². The highest BCUT2D eigenvalue weighted by Crippen LogP contribution is 2.28. The van der Waals surface area contributed by atoms with Crippen LogP contribution < -0.4 is 5.56 Å². The number of nitrogens with zero attached hydrogens (tertiary/aromatic N) is 4. The average Bonchev–Trinajstić information content (AvgIpc) is 3.02. The third-order valence-corrected chi connectivity index (χ3v) is 6.54. The highest BCUT2D eigenvalue weighted by Gasteiger charge is 2.26. The van der Waals surface area contributed by atoms with Crippen molar-refractivity contribution in [3.8, 4) is 0 Å². The highest BCUT2D eigenvalue weighted by atomic mass is 32.1. The van der Waals surface area contributed by atoms with E-state index in [1.807, 2.05) is 11.8 Å². The monoisotopic (exact) mass is 396 g/mol. The quantitative estimate of drug-likeness (QED) is 0.683. The molecule has 1 amide bonds. The number of piperazine rings is 1. The number of benzene rings is 1. The zero-order chi connectivity index (χ0) is 19.8. The number of hydrogen-bond donors (Lipinski definition) is 0. The van der Waals surface area contributed by atoms with Crippen LogP contribution in [0.1, 0.15) is 26.4 Å². The van der Waals surface area contributed by atoms with Gasteiger partial charge in [-0.15, -0.1) is 11.3 Å². The molecule has 6 nitrogen and oxygen atoms in total. The molecule has 0 unspecified atom stereocenters. The molecule has 1 fully saturated rings. The minimum Gasteiger partial charge on any atom is -0.335 e. The molecule has 1 aliphatic heterocycles. The maximum atomic E-state index is 13.1. The molecule has 0 aliphatic carbocycles. The molecule has 146 valence electrons. The van der Waals surface area contributed by atoms with Gasteiger partial charge in [0.2, 0.25) is 0 Å². The first-order chi connectivity index (χ1) is 13.4. The zero-order valence-corrected chi connectivity index (χ0v) is 17.3. The number of aryl methyl sites for hydroxylation is 3. The van der Waals surface area contributed by atoms with Crippen LogP contribution in [0.3, 0.4) is 0 Å². The smallest absolute Gasteiger partial charge is 0.264 e. The van der Waals surface area contributed by atoms with Crippen molar-refractivity contribution in [2.24, 2.45) is 7.05 Å². The first-order valence-electron chi connectivity index (χ1n) is 9.46. The van der Waals surface area contributed by atoms with Gasteiger partial charge in [-0.3, -0.25) is 14.5 Å². The van der Waals surface area contributed by atoms with E-state index in [2.05, 4.69) is 41.1 Å². The van der Waals surface area contributed by atoms with E-state index in [1.165, 1.54) is 33.4 Å². The lowest BCUT2D eigenvalue weighted by Gasteiger charge is -2.34. The van der Waals surface area contributed by atoms with Crippen LogP contribution in [0, 0.1) is 13.8 Å². The van der Waals surface area contributed by atoms with Crippen LogP contribution in [0.2, 0.25) is 0 Å². The van der Waals surface area contributed by atoms with Crippen molar-refractivity contribution < 1.29 is 4.79 Å². The second-order valence-corrected chi connectivity index (χ2v) is 8.45. The van der Waals surface area contributed by atoms with Crippen molar-refractivity contribution in [2.45, 2.75) is 20.4 Å². The maximum absolute atomic E-state index is 13.1. The standard InChI is InChI=1S/C21H24N4O2S/c1-14-5-4-6-16(11-14)12-24-7-9-25(10-8-24)21(27)18-15(2)17-19(28-18)22-13-23(3)20(17)26/h4-6,11,13H,7-10,12H2,1-3H3. The summed E-state index contributed by atoms with van der Waals surface area (Å²) >= 11 is 1.32. The Balaban J connectivity index is 1.47. The molecule has 4 rings (SSSR count). The zero-order valence-electron chi connectivity index (χ0n) is 16.4. The molecular formula is C21H24N4O2S. The first-order valence-corrected chi connectivity index (χ1v) is 10.3. The summed E-state index contributed by atoms with van der Waals surface area (Å²) in [6.07, 6.45) is 1.51. The van der Waals surface area contributed by atoms with E-state index in [9.17, 15) is 9.59 Å². The minimum absolute atomic E-state index is 0.0118. The molecular weight excluding hydrogens is 372 g/mol. The Morgan fingerprint density at radius 3 is 2.64 bits per heavy atom. The van der Waals surface area contributed by atoms with Gasteiger partial charge in [0.15, 0.2) is 0 Å². The third-order valence-electron chi connectivity index (χ3n) is 5.35. The molecule has 28 heavy (non-hydrogen) atoms. The third kappa shape index (κ3) is 3.47. The number of aromatic nitrogens is 2. The molecule has 3 aromatic rings. The molecule has 0 saturated carbocycles. The van der Waals surface area contributed by atoms with Crippen molar-refractivity contribution in [3.05, 3.63) is 62.5 Å². The van der Waals surface area contributed by atoms with Crippen molar-refractivity contribution in [2.75, 3.05) is 26.2 Å². The average molecular weight is 397 g/mol. The van der Waals surface area contributed by atoms with E-state index in [0.29, 0.717) is 28.2 Å². The Bertz CT molecular complexity index is 1090. The SMILES string of the molecule is Cc1cccc(CN2CCN(C(=O)c3sc4ncn(C)c(=O)c4c3C)CC2)c1. The summed E-state index contributed by atoms with van der Waals surface area (Å²) in [5.41, 5.74) is 3.23. The summed E-state index contributed by atoms with van der Waals surface area (Å²) in [5.74, 6) is 0.0118. The van der Waals surface area contributed by atoms with E-state index < -0.39 is 0 Å². The van der Waals surface area contributed by atoms with Crippen molar-refractivity contribution in [1.29, 1.82) is 0 Å². The summed E-state index contributed by atoms with van der Waals surface area (Å²) < 4.78 is 1.46. The van der Waals surface area contributed by atoms with E-state index in [4.69, 9.17) is 0 Å². The van der Waals surface area contributed by atoms with Gasteiger partial charge < -0.3 is 9.47 Å². The lowest BCUT2D eigenvalue weighted by atomic mass is 10.1. The molecule has 0 spiro atoms. The summed E-state index contributed by atoms with van der Waals surface area (Å²) in [5, 5.41) is 0.566. The Morgan fingerprint density at radius 2 is 1.93 bits per heavy atom. The van der Waals surface area contributed by atoms with Gasteiger partial charge in [0.05, 0.1) is 16.6 Å². The van der Waals surface area contributed by atoms with Gasteiger partial charge in [0.25, 0.3) is 11.5 Å². The number of thiophene rings is 1. The fraction of sp³-hybridized carbons (Fsp3) is 0.381. The van der Waals surface area contributed by atoms with Gasteiger partial charge in [-0.05, 0) is 25.0 Å². The van der Waals surface area contributed by atoms with Gasteiger partial charge in [0.1, 0.15) is 4.83 Å². The van der Waals surface area contributed by atoms with Crippen LogP contribution in [-0.2, 0) is 13.6 Å². The first kappa shape index (κ1) is 18.8. The number of carbonyl (C=O) groups is 1. The lowest BCUT2D eigenvalue weighted by molar-refractivity contribution is 0.0632. The maximum Gasteiger partial charge on any atom is 0.264 e. The topological polar surface area (TPSA) is 58.4 Å². The van der Waals surface area contributed by atoms with Gasteiger partial charge in [-0.25, -0.2) is 4.98 Å². The van der Waals surface area contributed by atoms with Crippen LogP contribution in [0.15, 0.2) is 35.4 Å². The molecule has 7 heteroatoms. The number of hydrogen-bond acceptors (Lipinski definition) is 5. The molecule has 1 saturated heterocycles. The van der Waals surface area contributed by atoms with E-state index in [1.54, 1.807) is 7.05 Å². The van der Waals surface area contributed by atoms with Crippen LogP contribution in [0.5, 0.6) is 0 Å². The van der Waals surface area contributed by atoms with Crippen molar-refractivity contribution in [1.82, 2.24) is 19.4 Å². The Labute approximate surface area is 168 Å². The minimum atomic E-state index is -0.0965. The summed E-state index contributed by atoms with van der Waals surface area (Å²) in [6, 6.07) is 8.56. The normalized spacial score (nSPS) is 15.3. The number of carbonyl (C=O) groups excluding carboxylic acids is 1. The van der Waals surface area contributed by atoms with Gasteiger partial charge in [0, 0.05) is 39.8 Å². The fourth-order valence-corrected chi connectivity index (χ4v) is 4.84. The summed E-state index contributed by atoms with van der Waals surface area (Å²) in [4.78, 5) is 35.4. The molecule has 0 radical (unpaired) electrons. The fourth-order valence-electron chi connectivity index (χ4n) is 3.73. The Kier molecular flexibility index (Phi) is 5.03. The van der Waals surface area contributed by atoms with Gasteiger partial charge in [-0.2, -0.15) is 0 Å². The van der Waals surface area contributed by atoms with E-state index >= 15 is 0 Å². The largest absolute Gasteiger partial charge is 0.335 e. The summed E-state index contributed by atoms with van der Waals surface area (Å²) in [6.45, 7) is 7.96. The molecule has 0 bridgehead atoms. The Hall–Kier alpha value is -2.51. The van der Waals surface area contributed by atoms with Crippen molar-refractivity contribution in [3.63, 3.8) is 0 Å². The predicted molar refractivity (Wildman–Crippen MR) is 112 cm³/mol. The molecule has 3 heterocycles. The molecule has 1 aliphatic rings. The van der Waals surface area contributed by atoms with Crippen molar-refractivity contribution >= 4 is 27.5 Å². The predicted octanol–water partition coefficient (Wildman–Crippen LogP) is 2.57. The number of amides is 1. The second kappa shape index (κ2) is 7.48. The van der Waals surface area contributed by atoms with Crippen LogP contribution in [0.4, 0.5) is 0 Å². The van der Waals surface area contributed by atoms with Crippen LogP contribution >= 0.6 is 11.3 Å². The van der Waals surface area contributed by atoms with Gasteiger partial charge >= 0.3 is 0 Å². The highest BCUT2D eigenvalue weighted by molar-refractivity contribution is 7.20. The molecule has 0 atom stereocenters. The van der Waals surface area contributed by atoms with E-state index in [-0.39, 0.29) is 11.5 Å². The Morgan fingerprint density at radius 1 is 1.18 bits per heavy atom. The molecule has 2 aromatic heterocycles. The van der Waals surface area contributed by atoms with E-state index in [0.717, 1.165) is 25.2 Å². The lowest BCUT2D eigenvalue weighted by Crippen LogP contribution is -2.48. The molecule has 1 aromatic carbocycles. The second-order valence-electron chi connectivity index (χ2n) is 7.45. The summed E-state index contributed by atoms with van der Waals surface area (Å²) in [7, 11) is 1.68.